The van der Waals surface area contributed by atoms with Crippen molar-refractivity contribution in [3.8, 4) is 11.5 Å². The molecular weight excluding hydrogens is 504 g/mol. The zero-order valence-electron chi connectivity index (χ0n) is 17.5. The lowest BCUT2D eigenvalue weighted by Crippen LogP contribution is -2.32. The number of methoxy groups -OCH3 is 1. The van der Waals surface area contributed by atoms with E-state index in [1.807, 2.05) is 59.3 Å². The first-order chi connectivity index (χ1) is 16.1. The number of nitrogens with one attached hydrogen (secondary N) is 1. The smallest absolute Gasteiger partial charge is 0.226 e. The van der Waals surface area contributed by atoms with E-state index in [4.69, 9.17) is 21.1 Å². The Morgan fingerprint density at radius 1 is 1.03 bits per heavy atom. The summed E-state index contributed by atoms with van der Waals surface area (Å²) in [5.74, 6) is 2.22. The van der Waals surface area contributed by atoms with Gasteiger partial charge in [-0.2, -0.15) is 10.1 Å². The average Bonchev–Trinajstić information content (AvgIpc) is 3.31. The van der Waals surface area contributed by atoms with Crippen LogP contribution in [0.1, 0.15) is 28.8 Å². The molecule has 33 heavy (non-hydrogen) atoms. The van der Waals surface area contributed by atoms with Crippen molar-refractivity contribution in [2.75, 3.05) is 12.4 Å². The molecule has 1 N–H and O–H groups in total. The van der Waals surface area contributed by atoms with Crippen molar-refractivity contribution in [1.82, 2.24) is 14.8 Å². The summed E-state index contributed by atoms with van der Waals surface area (Å²) >= 11 is 9.93. The van der Waals surface area contributed by atoms with Crippen molar-refractivity contribution in [3.63, 3.8) is 0 Å². The fraction of sp³-hybridized carbons (Fsp3) is 0.120. The predicted octanol–water partition coefficient (Wildman–Crippen LogP) is 6.26. The Morgan fingerprint density at radius 2 is 1.79 bits per heavy atom. The van der Waals surface area contributed by atoms with Crippen LogP contribution < -0.4 is 14.8 Å². The van der Waals surface area contributed by atoms with Crippen LogP contribution in [0.25, 0.3) is 5.70 Å². The van der Waals surface area contributed by atoms with E-state index < -0.39 is 0 Å². The van der Waals surface area contributed by atoms with Gasteiger partial charge in [-0.15, -0.1) is 0 Å². The monoisotopic (exact) mass is 520 g/mol. The van der Waals surface area contributed by atoms with Crippen LogP contribution in [0.4, 0.5) is 5.95 Å². The van der Waals surface area contributed by atoms with Crippen LogP contribution in [0.3, 0.4) is 0 Å². The van der Waals surface area contributed by atoms with Gasteiger partial charge in [-0.3, -0.25) is 0 Å². The highest BCUT2D eigenvalue weighted by Crippen LogP contribution is 2.51. The summed E-state index contributed by atoms with van der Waals surface area (Å²) in [5.41, 5.74) is 4.96. The van der Waals surface area contributed by atoms with Crippen molar-refractivity contribution in [2.24, 2.45) is 0 Å². The van der Waals surface area contributed by atoms with Crippen LogP contribution in [0, 0.1) is 0 Å². The number of hydrogen-bond acceptors (Lipinski definition) is 5. The third-order valence-electron chi connectivity index (χ3n) is 5.98. The first-order valence-electron chi connectivity index (χ1n) is 10.4. The number of anilines is 1. The molecule has 0 saturated heterocycles. The highest BCUT2D eigenvalue weighted by Gasteiger charge is 2.41. The number of halogens is 2. The maximum absolute atomic E-state index is 6.61. The van der Waals surface area contributed by atoms with Crippen molar-refractivity contribution >= 4 is 39.2 Å². The van der Waals surface area contributed by atoms with E-state index in [1.165, 1.54) is 0 Å². The summed E-state index contributed by atoms with van der Waals surface area (Å²) in [6, 6.07) is 21.7. The van der Waals surface area contributed by atoms with E-state index in [0.29, 0.717) is 11.0 Å². The highest BCUT2D eigenvalue weighted by atomic mass is 79.9. The summed E-state index contributed by atoms with van der Waals surface area (Å²) in [4.78, 5) is 4.46. The van der Waals surface area contributed by atoms with Gasteiger partial charge in [0, 0.05) is 20.6 Å². The second-order valence-corrected chi connectivity index (χ2v) is 9.20. The van der Waals surface area contributed by atoms with Crippen LogP contribution in [0.5, 0.6) is 11.5 Å². The molecule has 164 valence electrons. The van der Waals surface area contributed by atoms with Crippen LogP contribution >= 0.6 is 27.5 Å². The van der Waals surface area contributed by atoms with Crippen LogP contribution in [-0.2, 0) is 0 Å². The fourth-order valence-corrected chi connectivity index (χ4v) is 4.90. The van der Waals surface area contributed by atoms with E-state index in [-0.39, 0.29) is 12.1 Å². The number of ether oxygens (including phenoxy) is 2. The largest absolute Gasteiger partial charge is 0.497 e. The number of nitrogens with zero attached hydrogens (tertiary/aromatic N) is 3. The Morgan fingerprint density at radius 3 is 2.55 bits per heavy atom. The van der Waals surface area contributed by atoms with Crippen molar-refractivity contribution in [3.05, 3.63) is 105 Å². The molecule has 2 aliphatic heterocycles. The third-order valence-corrected chi connectivity index (χ3v) is 6.74. The maximum atomic E-state index is 6.61. The van der Waals surface area contributed by atoms with Gasteiger partial charge in [-0.1, -0.05) is 51.8 Å². The van der Waals surface area contributed by atoms with E-state index in [0.717, 1.165) is 43.9 Å². The minimum atomic E-state index is -0.349. The van der Waals surface area contributed by atoms with Crippen molar-refractivity contribution < 1.29 is 9.47 Å². The second-order valence-electron chi connectivity index (χ2n) is 7.85. The molecule has 0 spiro atoms. The summed E-state index contributed by atoms with van der Waals surface area (Å²) in [6.45, 7) is 0. The Labute approximate surface area is 204 Å². The van der Waals surface area contributed by atoms with Gasteiger partial charge in [0.25, 0.3) is 0 Å². The van der Waals surface area contributed by atoms with Gasteiger partial charge in [0.2, 0.25) is 5.95 Å². The van der Waals surface area contributed by atoms with E-state index >= 15 is 0 Å². The SMILES string of the molecule is COc1ccc([C@H]2Oc3ccc(Cl)cc3C3=C2[C@@H](c2ccc(Br)cc2)n2ncnc2N3)cc1. The summed E-state index contributed by atoms with van der Waals surface area (Å²) < 4.78 is 14.9. The Kier molecular flexibility index (Phi) is 4.89. The molecule has 0 bridgehead atoms. The molecule has 0 aliphatic carbocycles. The van der Waals surface area contributed by atoms with Crippen molar-refractivity contribution in [1.29, 1.82) is 0 Å². The Balaban J connectivity index is 1.61. The number of fused-ring (bicyclic) bond motifs is 3. The quantitative estimate of drug-likeness (QED) is 0.345. The molecule has 1 aromatic heterocycles. The molecule has 0 unspecified atom stereocenters. The summed E-state index contributed by atoms with van der Waals surface area (Å²) in [5, 5.41) is 8.68. The van der Waals surface area contributed by atoms with Gasteiger partial charge >= 0.3 is 0 Å². The second kappa shape index (κ2) is 7.93. The Bertz CT molecular complexity index is 1380. The molecule has 6 nitrogen and oxygen atoms in total. The summed E-state index contributed by atoms with van der Waals surface area (Å²) in [6.07, 6.45) is 1.22. The topological polar surface area (TPSA) is 61.2 Å². The molecule has 3 heterocycles. The molecule has 0 saturated carbocycles. The molecule has 0 fully saturated rings. The molecule has 3 aromatic carbocycles. The maximum Gasteiger partial charge on any atom is 0.226 e. The van der Waals surface area contributed by atoms with Gasteiger partial charge in [-0.25, -0.2) is 4.68 Å². The minimum Gasteiger partial charge on any atom is -0.497 e. The third kappa shape index (κ3) is 3.39. The Hall–Kier alpha value is -3.29. The number of rotatable bonds is 3. The minimum absolute atomic E-state index is 0.217. The zero-order valence-corrected chi connectivity index (χ0v) is 19.8. The van der Waals surface area contributed by atoms with E-state index in [2.05, 4.69) is 43.5 Å². The fourth-order valence-electron chi connectivity index (χ4n) is 4.46. The van der Waals surface area contributed by atoms with E-state index in [1.54, 1.807) is 13.4 Å². The molecule has 6 rings (SSSR count). The van der Waals surface area contributed by atoms with Crippen LogP contribution in [0.2, 0.25) is 5.02 Å². The zero-order chi connectivity index (χ0) is 22.5. The lowest BCUT2D eigenvalue weighted by Gasteiger charge is -2.39. The van der Waals surface area contributed by atoms with Gasteiger partial charge < -0.3 is 14.8 Å². The molecule has 2 aliphatic rings. The van der Waals surface area contributed by atoms with Crippen LogP contribution in [0.15, 0.2) is 83.1 Å². The lowest BCUT2D eigenvalue weighted by atomic mass is 9.84. The number of hydrogen-bond donors (Lipinski definition) is 1. The molecule has 8 heteroatoms. The first-order valence-corrected chi connectivity index (χ1v) is 11.6. The molecule has 4 aromatic rings. The predicted molar refractivity (Wildman–Crippen MR) is 131 cm³/mol. The highest BCUT2D eigenvalue weighted by molar-refractivity contribution is 9.10. The van der Waals surface area contributed by atoms with Gasteiger partial charge in [0.15, 0.2) is 0 Å². The average molecular weight is 522 g/mol. The summed E-state index contributed by atoms with van der Waals surface area (Å²) in [7, 11) is 1.66. The number of benzene rings is 3. The molecule has 0 amide bonds. The number of aromatic nitrogens is 3. The van der Waals surface area contributed by atoms with E-state index in [9.17, 15) is 0 Å². The normalized spacial score (nSPS) is 18.5. The van der Waals surface area contributed by atoms with Gasteiger partial charge in [0.05, 0.1) is 12.8 Å². The molecular formula is C25H18BrClN4O2. The first kappa shape index (κ1) is 20.3. The standard InChI is InChI=1S/C25H18BrClN4O2/c1-32-18-9-4-15(5-10-18)24-21-22(19-12-17(27)8-11-20(19)33-24)30-25-28-13-29-31(25)23(21)14-2-6-16(26)7-3-14/h2-13,23-24H,1H3,(H,28,29,30)/t23-,24-/m1/s1. The lowest BCUT2D eigenvalue weighted by molar-refractivity contribution is 0.223. The van der Waals surface area contributed by atoms with Gasteiger partial charge in [-0.05, 0) is 53.6 Å². The van der Waals surface area contributed by atoms with Crippen molar-refractivity contribution in [2.45, 2.75) is 12.1 Å². The molecule has 0 radical (unpaired) electrons. The van der Waals surface area contributed by atoms with Crippen LogP contribution in [-0.4, -0.2) is 21.9 Å². The van der Waals surface area contributed by atoms with Gasteiger partial charge in [0.1, 0.15) is 30.0 Å². The molecule has 2 atom stereocenters.